The first kappa shape index (κ1) is 21.0. The van der Waals surface area contributed by atoms with Gasteiger partial charge in [-0.1, -0.05) is 13.8 Å². The van der Waals surface area contributed by atoms with Crippen molar-refractivity contribution in [3.8, 4) is 0 Å². The van der Waals surface area contributed by atoms with Crippen LogP contribution in [0.15, 0.2) is 6.07 Å². The lowest BCUT2D eigenvalue weighted by Crippen LogP contribution is -2.40. The van der Waals surface area contributed by atoms with Crippen LogP contribution in [0.2, 0.25) is 0 Å². The van der Waals surface area contributed by atoms with Crippen molar-refractivity contribution in [2.24, 2.45) is 11.8 Å². The van der Waals surface area contributed by atoms with E-state index in [9.17, 15) is 13.2 Å². The van der Waals surface area contributed by atoms with Crippen molar-refractivity contribution < 1.29 is 17.9 Å². The molecule has 1 aromatic rings. The number of ether oxygens (including phenoxy) is 1. The number of hydrogen-bond acceptors (Lipinski definition) is 5. The topological polar surface area (TPSA) is 62.3 Å². The molecule has 1 aromatic heterocycles. The van der Waals surface area contributed by atoms with Gasteiger partial charge in [0.05, 0.1) is 6.10 Å². The Morgan fingerprint density at radius 2 is 2.00 bits per heavy atom. The normalized spacial score (nSPS) is 25.6. The SMILES string of the molecule is C[C@H]1C[C@H](C)CN(c2cc(C(F)(F)F)nc(NC(=S)NC[C@@H]3CCCO3)n2)C1. The van der Waals surface area contributed by atoms with Gasteiger partial charge in [-0.2, -0.15) is 18.2 Å². The molecular weight excluding hydrogens is 391 g/mol. The third-order valence-corrected chi connectivity index (χ3v) is 5.18. The molecule has 2 saturated heterocycles. The Kier molecular flexibility index (Phi) is 6.59. The number of hydrogen-bond donors (Lipinski definition) is 2. The van der Waals surface area contributed by atoms with E-state index in [1.807, 2.05) is 4.90 Å². The second kappa shape index (κ2) is 8.77. The van der Waals surface area contributed by atoms with Gasteiger partial charge >= 0.3 is 6.18 Å². The van der Waals surface area contributed by atoms with E-state index in [-0.39, 0.29) is 23.0 Å². The lowest BCUT2D eigenvalue weighted by Gasteiger charge is -2.36. The Hall–Kier alpha value is -1.68. The molecule has 0 aliphatic carbocycles. The number of aromatic nitrogens is 2. The molecule has 0 saturated carbocycles. The number of nitrogens with zero attached hydrogens (tertiary/aromatic N) is 3. The monoisotopic (exact) mass is 417 g/mol. The third-order valence-electron chi connectivity index (χ3n) is 4.94. The molecule has 10 heteroatoms. The zero-order chi connectivity index (χ0) is 20.3. The summed E-state index contributed by atoms with van der Waals surface area (Å²) in [5, 5.41) is 5.84. The molecule has 2 aliphatic heterocycles. The van der Waals surface area contributed by atoms with Gasteiger partial charge in [-0.15, -0.1) is 0 Å². The summed E-state index contributed by atoms with van der Waals surface area (Å²) in [6.07, 6.45) is -1.51. The maximum Gasteiger partial charge on any atom is 0.433 e. The lowest BCUT2D eigenvalue weighted by molar-refractivity contribution is -0.141. The molecular formula is C18H26F3N5OS. The van der Waals surface area contributed by atoms with E-state index < -0.39 is 11.9 Å². The number of halogens is 3. The summed E-state index contributed by atoms with van der Waals surface area (Å²) in [7, 11) is 0. The smallest absolute Gasteiger partial charge is 0.376 e. The van der Waals surface area contributed by atoms with Crippen LogP contribution in [-0.4, -0.2) is 47.4 Å². The fourth-order valence-electron chi connectivity index (χ4n) is 3.81. The highest BCUT2D eigenvalue weighted by Crippen LogP contribution is 2.32. The number of anilines is 2. The number of piperidine rings is 1. The quantitative estimate of drug-likeness (QED) is 0.728. The number of nitrogens with one attached hydrogen (secondary N) is 2. The summed E-state index contributed by atoms with van der Waals surface area (Å²) in [5.41, 5.74) is -0.979. The van der Waals surface area contributed by atoms with E-state index in [2.05, 4.69) is 34.4 Å². The van der Waals surface area contributed by atoms with Crippen molar-refractivity contribution in [1.29, 1.82) is 0 Å². The summed E-state index contributed by atoms with van der Waals surface area (Å²) in [6, 6.07) is 1.01. The maximum atomic E-state index is 13.4. The number of rotatable bonds is 4. The summed E-state index contributed by atoms with van der Waals surface area (Å²) < 4.78 is 45.6. The Bertz CT molecular complexity index is 686. The molecule has 156 valence electrons. The molecule has 3 atom stereocenters. The molecule has 2 fully saturated rings. The Balaban J connectivity index is 1.74. The van der Waals surface area contributed by atoms with Gasteiger partial charge in [0.1, 0.15) is 5.82 Å². The van der Waals surface area contributed by atoms with Crippen LogP contribution in [0.3, 0.4) is 0 Å². The molecule has 0 radical (unpaired) electrons. The van der Waals surface area contributed by atoms with Gasteiger partial charge in [0.2, 0.25) is 5.95 Å². The van der Waals surface area contributed by atoms with E-state index in [0.29, 0.717) is 31.5 Å². The predicted octanol–water partition coefficient (Wildman–Crippen LogP) is 3.44. The van der Waals surface area contributed by atoms with Crippen LogP contribution < -0.4 is 15.5 Å². The highest BCUT2D eigenvalue weighted by Gasteiger charge is 2.35. The van der Waals surface area contributed by atoms with Crippen LogP contribution >= 0.6 is 12.2 Å². The van der Waals surface area contributed by atoms with Crippen molar-refractivity contribution >= 4 is 29.1 Å². The van der Waals surface area contributed by atoms with Gasteiger partial charge in [-0.3, -0.25) is 0 Å². The van der Waals surface area contributed by atoms with Crippen molar-refractivity contribution in [2.45, 2.75) is 45.4 Å². The first-order valence-corrected chi connectivity index (χ1v) is 9.99. The second-order valence-electron chi connectivity index (χ2n) is 7.75. The minimum Gasteiger partial charge on any atom is -0.376 e. The van der Waals surface area contributed by atoms with Gasteiger partial charge < -0.3 is 20.3 Å². The largest absolute Gasteiger partial charge is 0.433 e. The first-order chi connectivity index (χ1) is 13.2. The molecule has 6 nitrogen and oxygen atoms in total. The summed E-state index contributed by atoms with van der Waals surface area (Å²) in [6.45, 7) is 6.74. The van der Waals surface area contributed by atoms with Gasteiger partial charge in [0.15, 0.2) is 10.8 Å². The summed E-state index contributed by atoms with van der Waals surface area (Å²) >= 11 is 5.19. The molecule has 3 heterocycles. The minimum atomic E-state index is -4.56. The Morgan fingerprint density at radius 3 is 2.61 bits per heavy atom. The molecule has 0 unspecified atom stereocenters. The number of thiocarbonyl (C=S) groups is 1. The fraction of sp³-hybridized carbons (Fsp3) is 0.722. The zero-order valence-corrected chi connectivity index (χ0v) is 16.9. The predicted molar refractivity (Wildman–Crippen MR) is 105 cm³/mol. The van der Waals surface area contributed by atoms with E-state index in [0.717, 1.165) is 31.9 Å². The van der Waals surface area contributed by atoms with E-state index in [4.69, 9.17) is 17.0 Å². The van der Waals surface area contributed by atoms with Crippen LogP contribution in [0.5, 0.6) is 0 Å². The summed E-state index contributed by atoms with van der Waals surface area (Å²) in [5.74, 6) is 0.892. The lowest BCUT2D eigenvalue weighted by atomic mass is 9.92. The minimum absolute atomic E-state index is 0.0639. The molecule has 28 heavy (non-hydrogen) atoms. The van der Waals surface area contributed by atoms with E-state index in [1.165, 1.54) is 0 Å². The van der Waals surface area contributed by atoms with Crippen molar-refractivity contribution in [2.75, 3.05) is 36.5 Å². The van der Waals surface area contributed by atoms with Crippen LogP contribution in [0.25, 0.3) is 0 Å². The van der Waals surface area contributed by atoms with Crippen LogP contribution in [0, 0.1) is 11.8 Å². The second-order valence-corrected chi connectivity index (χ2v) is 8.16. The van der Waals surface area contributed by atoms with Gasteiger partial charge in [-0.05, 0) is 43.3 Å². The maximum absolute atomic E-state index is 13.4. The number of alkyl halides is 3. The molecule has 0 spiro atoms. The van der Waals surface area contributed by atoms with E-state index >= 15 is 0 Å². The van der Waals surface area contributed by atoms with E-state index in [1.54, 1.807) is 0 Å². The van der Waals surface area contributed by atoms with Gasteiger partial charge in [-0.25, -0.2) is 4.98 Å². The average Bonchev–Trinajstić information content (AvgIpc) is 3.11. The summed E-state index contributed by atoms with van der Waals surface area (Å²) in [4.78, 5) is 9.82. The zero-order valence-electron chi connectivity index (χ0n) is 16.1. The highest BCUT2D eigenvalue weighted by molar-refractivity contribution is 7.80. The van der Waals surface area contributed by atoms with Crippen LogP contribution in [-0.2, 0) is 10.9 Å². The van der Waals surface area contributed by atoms with Crippen molar-refractivity contribution in [1.82, 2.24) is 15.3 Å². The molecule has 2 N–H and O–H groups in total. The Labute approximate surface area is 168 Å². The highest BCUT2D eigenvalue weighted by atomic mass is 32.1. The average molecular weight is 418 g/mol. The van der Waals surface area contributed by atoms with Crippen LogP contribution in [0.4, 0.5) is 24.9 Å². The molecule has 0 amide bonds. The Morgan fingerprint density at radius 1 is 1.29 bits per heavy atom. The third kappa shape index (κ3) is 5.66. The van der Waals surface area contributed by atoms with Crippen molar-refractivity contribution in [3.05, 3.63) is 11.8 Å². The fourth-order valence-corrected chi connectivity index (χ4v) is 3.98. The standard InChI is InChI=1S/C18H26F3N5OS/c1-11-6-12(2)10-26(9-11)15-7-14(18(19,20)21)23-16(24-15)25-17(28)22-8-13-4-3-5-27-13/h7,11-13H,3-6,8-10H2,1-2H3,(H2,22,23,24,25,28)/t11-,12-,13-/m0/s1. The molecule has 0 bridgehead atoms. The molecule has 2 aliphatic rings. The van der Waals surface area contributed by atoms with Crippen LogP contribution in [0.1, 0.15) is 38.8 Å². The van der Waals surface area contributed by atoms with Crippen molar-refractivity contribution in [3.63, 3.8) is 0 Å². The van der Waals surface area contributed by atoms with Gasteiger partial charge in [0, 0.05) is 32.3 Å². The van der Waals surface area contributed by atoms with Gasteiger partial charge in [0.25, 0.3) is 0 Å². The first-order valence-electron chi connectivity index (χ1n) is 9.58. The molecule has 3 rings (SSSR count). The molecule has 0 aromatic carbocycles.